The lowest BCUT2D eigenvalue weighted by Gasteiger charge is -2.26. The molecule has 1 aliphatic rings. The van der Waals surface area contributed by atoms with Crippen LogP contribution < -0.4 is 5.32 Å². The van der Waals surface area contributed by atoms with Gasteiger partial charge in [0, 0.05) is 38.6 Å². The second kappa shape index (κ2) is 9.75. The van der Waals surface area contributed by atoms with Crippen molar-refractivity contribution in [1.29, 1.82) is 0 Å². The van der Waals surface area contributed by atoms with E-state index in [1.54, 1.807) is 0 Å². The highest BCUT2D eigenvalue weighted by Gasteiger charge is 2.16. The maximum Gasteiger partial charge on any atom is 0.319 e. The molecule has 0 saturated carbocycles. The average Bonchev–Trinajstić information content (AvgIpc) is 2.67. The number of halogens is 5. The van der Waals surface area contributed by atoms with Gasteiger partial charge in [-0.2, -0.15) is 8.78 Å². The lowest BCUT2D eigenvalue weighted by molar-refractivity contribution is 0.0634. The summed E-state index contributed by atoms with van der Waals surface area (Å²) in [6.45, 7) is 1.60. The molecule has 0 unspecified atom stereocenters. The smallest absolute Gasteiger partial charge is 0.314 e. The maximum atomic E-state index is 12.5. The Hall–Kier alpha value is -0.140. The van der Waals surface area contributed by atoms with Crippen LogP contribution in [0.2, 0.25) is 0 Å². The van der Waals surface area contributed by atoms with Crippen LogP contribution in [0.15, 0.2) is 12.4 Å². The van der Waals surface area contributed by atoms with Gasteiger partial charge in [0.1, 0.15) is 5.82 Å². The minimum atomic E-state index is -2.49. The van der Waals surface area contributed by atoms with E-state index in [4.69, 9.17) is 0 Å². The molecule has 1 aromatic heterocycles. The lowest BCUT2D eigenvalue weighted by atomic mass is 10.3. The maximum absolute atomic E-state index is 12.5. The van der Waals surface area contributed by atoms with Crippen LogP contribution in [0.1, 0.15) is 12.4 Å². The summed E-state index contributed by atoms with van der Waals surface area (Å²) in [5.41, 5.74) is 0. The number of imidazole rings is 1. The van der Waals surface area contributed by atoms with Gasteiger partial charge in [0.2, 0.25) is 0 Å². The number of alkyl halides is 2. The molecule has 2 heterocycles. The largest absolute Gasteiger partial charge is 0.319 e. The highest BCUT2D eigenvalue weighted by molar-refractivity contribution is 5.86. The predicted octanol–water partition coefficient (Wildman–Crippen LogP) is 1.95. The van der Waals surface area contributed by atoms with Crippen molar-refractivity contribution in [3.05, 3.63) is 18.2 Å². The summed E-state index contributed by atoms with van der Waals surface area (Å²) in [6, 6.07) is 0. The molecular formula is C9H17Cl3F2N4. The molecule has 0 aromatic carbocycles. The Morgan fingerprint density at radius 2 is 1.83 bits per heavy atom. The van der Waals surface area contributed by atoms with Crippen LogP contribution >= 0.6 is 37.2 Å². The second-order valence-corrected chi connectivity index (χ2v) is 3.55. The molecule has 18 heavy (non-hydrogen) atoms. The molecule has 1 saturated heterocycles. The van der Waals surface area contributed by atoms with Crippen LogP contribution in [0.5, 0.6) is 0 Å². The van der Waals surface area contributed by atoms with E-state index in [-0.39, 0.29) is 37.2 Å². The third kappa shape index (κ3) is 5.24. The van der Waals surface area contributed by atoms with Crippen molar-refractivity contribution in [2.24, 2.45) is 0 Å². The van der Waals surface area contributed by atoms with Crippen molar-refractivity contribution < 1.29 is 8.78 Å². The summed E-state index contributed by atoms with van der Waals surface area (Å²) < 4.78 is 25.9. The van der Waals surface area contributed by atoms with Crippen LogP contribution in [0.3, 0.4) is 0 Å². The van der Waals surface area contributed by atoms with Gasteiger partial charge in [-0.3, -0.25) is 9.47 Å². The molecule has 1 N–H and O–H groups in total. The van der Waals surface area contributed by atoms with Crippen molar-refractivity contribution in [3.63, 3.8) is 0 Å². The third-order valence-electron chi connectivity index (χ3n) is 2.53. The van der Waals surface area contributed by atoms with Crippen molar-refractivity contribution in [2.75, 3.05) is 26.2 Å². The van der Waals surface area contributed by atoms with E-state index in [0.29, 0.717) is 12.4 Å². The molecule has 1 fully saturated rings. The molecule has 9 heteroatoms. The SMILES string of the molecule is Cl.Cl.Cl.FC(F)n1ccnc1CN1CCNCC1. The molecule has 0 spiro atoms. The first-order valence-corrected chi connectivity index (χ1v) is 5.00. The van der Waals surface area contributed by atoms with Gasteiger partial charge in [0.15, 0.2) is 0 Å². The molecule has 0 bridgehead atoms. The number of nitrogens with zero attached hydrogens (tertiary/aromatic N) is 3. The van der Waals surface area contributed by atoms with Crippen molar-refractivity contribution in [1.82, 2.24) is 19.8 Å². The van der Waals surface area contributed by atoms with Crippen molar-refractivity contribution >= 4 is 37.2 Å². The van der Waals surface area contributed by atoms with E-state index < -0.39 is 6.55 Å². The van der Waals surface area contributed by atoms with Crippen molar-refractivity contribution in [3.8, 4) is 0 Å². The fourth-order valence-corrected chi connectivity index (χ4v) is 1.71. The molecule has 1 aromatic rings. The summed E-state index contributed by atoms with van der Waals surface area (Å²) in [5.74, 6) is 0.437. The number of aromatic nitrogens is 2. The van der Waals surface area contributed by atoms with Crippen LogP contribution in [0.4, 0.5) is 8.78 Å². The normalized spacial score (nSPS) is 15.5. The van der Waals surface area contributed by atoms with Crippen LogP contribution in [-0.2, 0) is 6.54 Å². The van der Waals surface area contributed by atoms with Crippen molar-refractivity contribution in [2.45, 2.75) is 13.1 Å². The Labute approximate surface area is 123 Å². The molecule has 2 rings (SSSR count). The van der Waals surface area contributed by atoms with Crippen LogP contribution in [-0.4, -0.2) is 40.6 Å². The van der Waals surface area contributed by atoms with Gasteiger partial charge in [-0.15, -0.1) is 37.2 Å². The van der Waals surface area contributed by atoms with Crippen LogP contribution in [0.25, 0.3) is 0 Å². The monoisotopic (exact) mass is 324 g/mol. The van der Waals surface area contributed by atoms with Gasteiger partial charge in [0.05, 0.1) is 6.54 Å². The zero-order chi connectivity index (χ0) is 10.7. The third-order valence-corrected chi connectivity index (χ3v) is 2.53. The summed E-state index contributed by atoms with van der Waals surface area (Å²) in [5, 5.41) is 3.21. The Kier molecular flexibility index (Phi) is 10.9. The fourth-order valence-electron chi connectivity index (χ4n) is 1.71. The van der Waals surface area contributed by atoms with E-state index in [0.717, 1.165) is 30.7 Å². The first kappa shape index (κ1) is 20.2. The standard InChI is InChI=1S/C9H14F2N4.3ClH/c10-9(11)15-6-3-13-8(15)7-14-4-1-12-2-5-14;;;/h3,6,9,12H,1-2,4-5,7H2;3*1H. The topological polar surface area (TPSA) is 33.1 Å². The first-order chi connectivity index (χ1) is 7.27. The second-order valence-electron chi connectivity index (χ2n) is 3.55. The summed E-state index contributed by atoms with van der Waals surface area (Å²) in [7, 11) is 0. The summed E-state index contributed by atoms with van der Waals surface area (Å²) in [4.78, 5) is 6.08. The number of hydrogen-bond donors (Lipinski definition) is 1. The summed E-state index contributed by atoms with van der Waals surface area (Å²) >= 11 is 0. The quantitative estimate of drug-likeness (QED) is 0.922. The van der Waals surface area contributed by atoms with Gasteiger partial charge in [-0.1, -0.05) is 0 Å². The van der Waals surface area contributed by atoms with E-state index in [1.807, 2.05) is 0 Å². The van der Waals surface area contributed by atoms with E-state index in [1.165, 1.54) is 12.4 Å². The Morgan fingerprint density at radius 1 is 1.22 bits per heavy atom. The number of hydrogen-bond acceptors (Lipinski definition) is 3. The molecule has 0 radical (unpaired) electrons. The van der Waals surface area contributed by atoms with Gasteiger partial charge in [0.25, 0.3) is 0 Å². The highest BCUT2D eigenvalue weighted by Crippen LogP contribution is 2.13. The van der Waals surface area contributed by atoms with Crippen LogP contribution in [0, 0.1) is 0 Å². The Morgan fingerprint density at radius 3 is 2.39 bits per heavy atom. The van der Waals surface area contributed by atoms with E-state index >= 15 is 0 Å². The first-order valence-electron chi connectivity index (χ1n) is 5.00. The molecule has 1 aliphatic heterocycles. The van der Waals surface area contributed by atoms with Gasteiger partial charge in [-0.25, -0.2) is 4.98 Å². The molecule has 4 nitrogen and oxygen atoms in total. The minimum absolute atomic E-state index is 0. The van der Waals surface area contributed by atoms with Gasteiger partial charge < -0.3 is 5.32 Å². The minimum Gasteiger partial charge on any atom is -0.314 e. The molecular weight excluding hydrogens is 308 g/mol. The molecule has 0 amide bonds. The lowest BCUT2D eigenvalue weighted by Crippen LogP contribution is -2.43. The fraction of sp³-hybridized carbons (Fsp3) is 0.667. The van der Waals surface area contributed by atoms with Gasteiger partial charge >= 0.3 is 6.55 Å². The Balaban J connectivity index is 0. The predicted molar refractivity (Wildman–Crippen MR) is 73.4 cm³/mol. The number of rotatable bonds is 3. The highest BCUT2D eigenvalue weighted by atomic mass is 35.5. The van der Waals surface area contributed by atoms with Gasteiger partial charge in [-0.05, 0) is 0 Å². The number of nitrogens with one attached hydrogen (secondary N) is 1. The Bertz CT molecular complexity index is 319. The zero-order valence-corrected chi connectivity index (χ0v) is 12.0. The molecule has 0 aliphatic carbocycles. The number of piperazine rings is 1. The zero-order valence-electron chi connectivity index (χ0n) is 9.59. The van der Waals surface area contributed by atoms with E-state index in [9.17, 15) is 8.78 Å². The molecule has 108 valence electrons. The molecule has 0 atom stereocenters. The average molecular weight is 326 g/mol. The summed E-state index contributed by atoms with van der Waals surface area (Å²) in [6.07, 6.45) is 2.74. The van der Waals surface area contributed by atoms with E-state index in [2.05, 4.69) is 15.2 Å².